The number of aromatic carboxylic acids is 1. The van der Waals surface area contributed by atoms with E-state index in [1.54, 1.807) is 0 Å². The van der Waals surface area contributed by atoms with Crippen LogP contribution in [0.15, 0.2) is 40.9 Å². The second-order valence-electron chi connectivity index (χ2n) is 3.92. The van der Waals surface area contributed by atoms with Crippen molar-refractivity contribution in [3.05, 3.63) is 61.6 Å². The highest BCUT2D eigenvalue weighted by Gasteiger charge is 2.15. The van der Waals surface area contributed by atoms with Crippen LogP contribution in [0.1, 0.15) is 10.4 Å². The maximum Gasteiger partial charge on any atom is 0.339 e. The minimum absolute atomic E-state index is 0.0459. The van der Waals surface area contributed by atoms with Gasteiger partial charge in [-0.15, -0.1) is 0 Å². The van der Waals surface area contributed by atoms with E-state index in [-0.39, 0.29) is 22.7 Å². The SMILES string of the molecule is O=C(O)c1ccc(Cl)cc1Oc1ccc([N+](=O)[O-])cc1Br. The number of carbonyl (C=O) groups is 1. The Hall–Kier alpha value is -2.12. The number of rotatable bonds is 4. The molecule has 0 radical (unpaired) electrons. The average Bonchev–Trinajstić information content (AvgIpc) is 2.40. The van der Waals surface area contributed by atoms with Gasteiger partial charge in [-0.2, -0.15) is 0 Å². The normalized spacial score (nSPS) is 10.2. The predicted molar refractivity (Wildman–Crippen MR) is 79.3 cm³/mol. The second-order valence-corrected chi connectivity index (χ2v) is 5.21. The summed E-state index contributed by atoms with van der Waals surface area (Å²) in [6.07, 6.45) is 0. The molecule has 8 heteroatoms. The molecule has 0 saturated carbocycles. The molecule has 0 fully saturated rings. The number of hydrogen-bond donors (Lipinski definition) is 1. The minimum atomic E-state index is -1.17. The Kier molecular flexibility index (Phi) is 4.44. The van der Waals surface area contributed by atoms with Crippen molar-refractivity contribution in [2.45, 2.75) is 0 Å². The second kappa shape index (κ2) is 6.11. The van der Waals surface area contributed by atoms with E-state index < -0.39 is 10.9 Å². The van der Waals surface area contributed by atoms with Gasteiger partial charge in [-0.1, -0.05) is 11.6 Å². The van der Waals surface area contributed by atoms with E-state index in [1.807, 2.05) is 0 Å². The van der Waals surface area contributed by atoms with Crippen molar-refractivity contribution >= 4 is 39.2 Å². The number of halogens is 2. The third-order valence-corrected chi connectivity index (χ3v) is 3.38. The van der Waals surface area contributed by atoms with Gasteiger partial charge in [0.2, 0.25) is 0 Å². The predicted octanol–water partition coefficient (Wildman–Crippen LogP) is 4.50. The third kappa shape index (κ3) is 3.50. The maximum absolute atomic E-state index is 11.1. The highest BCUT2D eigenvalue weighted by atomic mass is 79.9. The average molecular weight is 373 g/mol. The zero-order valence-electron chi connectivity index (χ0n) is 10.2. The summed E-state index contributed by atoms with van der Waals surface area (Å²) in [4.78, 5) is 21.2. The summed E-state index contributed by atoms with van der Waals surface area (Å²) in [6.45, 7) is 0. The Balaban J connectivity index is 2.40. The highest BCUT2D eigenvalue weighted by Crippen LogP contribution is 2.35. The van der Waals surface area contributed by atoms with Gasteiger partial charge in [0.1, 0.15) is 17.1 Å². The summed E-state index contributed by atoms with van der Waals surface area (Å²) < 4.78 is 5.81. The first kappa shape index (κ1) is 15.3. The van der Waals surface area contributed by atoms with E-state index in [0.29, 0.717) is 9.50 Å². The first-order valence-electron chi connectivity index (χ1n) is 5.53. The molecule has 0 aliphatic heterocycles. The van der Waals surface area contributed by atoms with Gasteiger partial charge in [0.25, 0.3) is 5.69 Å². The minimum Gasteiger partial charge on any atom is -0.478 e. The molecule has 0 aliphatic carbocycles. The highest BCUT2D eigenvalue weighted by molar-refractivity contribution is 9.10. The van der Waals surface area contributed by atoms with Crippen molar-refractivity contribution in [3.8, 4) is 11.5 Å². The van der Waals surface area contributed by atoms with Gasteiger partial charge in [0.15, 0.2) is 0 Å². The lowest BCUT2D eigenvalue weighted by atomic mass is 10.2. The molecular weight excluding hydrogens is 366 g/mol. The first-order chi connectivity index (χ1) is 9.88. The number of nitro groups is 1. The number of non-ortho nitro benzene ring substituents is 1. The van der Waals surface area contributed by atoms with Gasteiger partial charge in [-0.25, -0.2) is 4.79 Å². The molecule has 0 atom stereocenters. The summed E-state index contributed by atoms with van der Waals surface area (Å²) in [6, 6.07) is 8.00. The van der Waals surface area contributed by atoms with Crippen LogP contribution in [0.4, 0.5) is 5.69 Å². The van der Waals surface area contributed by atoms with Crippen molar-refractivity contribution in [1.82, 2.24) is 0 Å². The van der Waals surface area contributed by atoms with E-state index in [1.165, 1.54) is 36.4 Å². The number of ether oxygens (including phenoxy) is 1. The third-order valence-electron chi connectivity index (χ3n) is 2.52. The summed E-state index contributed by atoms with van der Waals surface area (Å²) in [5.41, 5.74) is -0.177. The molecule has 2 aromatic rings. The fourth-order valence-electron chi connectivity index (χ4n) is 1.56. The Morgan fingerprint density at radius 2 is 1.95 bits per heavy atom. The molecule has 0 amide bonds. The van der Waals surface area contributed by atoms with E-state index in [0.717, 1.165) is 0 Å². The molecule has 108 valence electrons. The quantitative estimate of drug-likeness (QED) is 0.630. The molecule has 0 spiro atoms. The lowest BCUT2D eigenvalue weighted by Gasteiger charge is -2.10. The van der Waals surface area contributed by atoms with Crippen LogP contribution in [0.2, 0.25) is 5.02 Å². The molecule has 0 heterocycles. The van der Waals surface area contributed by atoms with Gasteiger partial charge in [-0.3, -0.25) is 10.1 Å². The molecule has 0 aliphatic rings. The first-order valence-corrected chi connectivity index (χ1v) is 6.70. The molecule has 2 rings (SSSR count). The summed E-state index contributed by atoms with van der Waals surface area (Å²) >= 11 is 8.96. The lowest BCUT2D eigenvalue weighted by molar-refractivity contribution is -0.384. The maximum atomic E-state index is 11.1. The fourth-order valence-corrected chi connectivity index (χ4v) is 2.17. The Bertz CT molecular complexity index is 734. The number of nitro benzene ring substituents is 1. The topological polar surface area (TPSA) is 89.7 Å². The summed E-state index contributed by atoms with van der Waals surface area (Å²) in [5, 5.41) is 20.1. The molecule has 6 nitrogen and oxygen atoms in total. The van der Waals surface area contributed by atoms with E-state index in [4.69, 9.17) is 21.4 Å². The van der Waals surface area contributed by atoms with Crippen LogP contribution in [0.5, 0.6) is 11.5 Å². The van der Waals surface area contributed by atoms with Crippen molar-refractivity contribution in [2.75, 3.05) is 0 Å². The van der Waals surface area contributed by atoms with E-state index in [9.17, 15) is 14.9 Å². The zero-order valence-corrected chi connectivity index (χ0v) is 12.6. The van der Waals surface area contributed by atoms with Crippen LogP contribution in [0, 0.1) is 10.1 Å². The Labute approximate surface area is 132 Å². The molecule has 0 saturated heterocycles. The number of carboxylic acid groups (broad SMARTS) is 1. The van der Waals surface area contributed by atoms with Crippen LogP contribution in [-0.4, -0.2) is 16.0 Å². The number of carboxylic acids is 1. The van der Waals surface area contributed by atoms with Crippen LogP contribution >= 0.6 is 27.5 Å². The number of nitrogens with zero attached hydrogens (tertiary/aromatic N) is 1. The van der Waals surface area contributed by atoms with Crippen LogP contribution in [0.3, 0.4) is 0 Å². The van der Waals surface area contributed by atoms with E-state index in [2.05, 4.69) is 15.9 Å². The van der Waals surface area contributed by atoms with Gasteiger partial charge in [0, 0.05) is 23.2 Å². The molecule has 2 aromatic carbocycles. The molecule has 21 heavy (non-hydrogen) atoms. The van der Waals surface area contributed by atoms with E-state index >= 15 is 0 Å². The van der Waals surface area contributed by atoms with Gasteiger partial charge in [-0.05, 0) is 34.1 Å². The van der Waals surface area contributed by atoms with Crippen LogP contribution in [-0.2, 0) is 0 Å². The van der Waals surface area contributed by atoms with Crippen molar-refractivity contribution < 1.29 is 19.6 Å². The van der Waals surface area contributed by atoms with Gasteiger partial charge >= 0.3 is 5.97 Å². The number of benzene rings is 2. The number of hydrogen-bond acceptors (Lipinski definition) is 4. The van der Waals surface area contributed by atoms with Crippen molar-refractivity contribution in [1.29, 1.82) is 0 Å². The van der Waals surface area contributed by atoms with Crippen molar-refractivity contribution in [3.63, 3.8) is 0 Å². The zero-order chi connectivity index (χ0) is 15.6. The molecule has 1 N–H and O–H groups in total. The molecule has 0 aromatic heterocycles. The van der Waals surface area contributed by atoms with Gasteiger partial charge in [0.05, 0.1) is 9.40 Å². The fraction of sp³-hybridized carbons (Fsp3) is 0. The standard InChI is InChI=1S/C13H7BrClNO5/c14-10-6-8(16(19)20)2-4-11(10)21-12-5-7(15)1-3-9(12)13(17)18/h1-6H,(H,17,18). The largest absolute Gasteiger partial charge is 0.478 e. The monoisotopic (exact) mass is 371 g/mol. The smallest absolute Gasteiger partial charge is 0.339 e. The summed E-state index contributed by atoms with van der Waals surface area (Å²) in [5.74, 6) is -0.880. The lowest BCUT2D eigenvalue weighted by Crippen LogP contribution is -2.00. The van der Waals surface area contributed by atoms with Gasteiger partial charge < -0.3 is 9.84 Å². The Morgan fingerprint density at radius 1 is 1.24 bits per heavy atom. The Morgan fingerprint density at radius 3 is 2.52 bits per heavy atom. The van der Waals surface area contributed by atoms with Crippen LogP contribution < -0.4 is 4.74 Å². The molecule has 0 bridgehead atoms. The molecule has 0 unspecified atom stereocenters. The van der Waals surface area contributed by atoms with Crippen molar-refractivity contribution in [2.24, 2.45) is 0 Å². The molecular formula is C13H7BrClNO5. The van der Waals surface area contributed by atoms with Crippen LogP contribution in [0.25, 0.3) is 0 Å². The summed E-state index contributed by atoms with van der Waals surface area (Å²) in [7, 11) is 0.